The topological polar surface area (TPSA) is 129 Å². The smallest absolute Gasteiger partial charge is 0.308 e. The number of hydroxylamine groups is 2. The molecule has 3 aliphatic heterocycles. The first-order valence-electron chi connectivity index (χ1n) is 13.6. The number of carbonyl (C=O) groups excluding carboxylic acids is 2. The normalized spacial score (nSPS) is 22.9. The van der Waals surface area contributed by atoms with Gasteiger partial charge in [0.1, 0.15) is 0 Å². The van der Waals surface area contributed by atoms with E-state index in [1.165, 1.54) is 5.06 Å². The van der Waals surface area contributed by atoms with Gasteiger partial charge in [-0.25, -0.2) is 5.06 Å². The molecule has 2 saturated heterocycles. The highest BCUT2D eigenvalue weighted by molar-refractivity contribution is 5.79. The number of aliphatic carboxylic acids is 1. The fourth-order valence-corrected chi connectivity index (χ4v) is 5.78. The third kappa shape index (κ3) is 6.05. The molecule has 0 spiro atoms. The zero-order valence-electron chi connectivity index (χ0n) is 22.3. The average molecular weight is 534 g/mol. The third-order valence-corrected chi connectivity index (χ3v) is 7.56. The van der Waals surface area contributed by atoms with Crippen LogP contribution in [0.15, 0.2) is 12.1 Å². The van der Waals surface area contributed by atoms with Crippen LogP contribution in [0.25, 0.3) is 0 Å². The summed E-state index contributed by atoms with van der Waals surface area (Å²) in [5, 5.41) is 21.7. The summed E-state index contributed by atoms with van der Waals surface area (Å²) in [6.45, 7) is 6.04. The van der Waals surface area contributed by atoms with Crippen LogP contribution in [0.4, 0.5) is 0 Å². The monoisotopic (exact) mass is 533 g/mol. The number of carbonyl (C=O) groups is 3. The standard InChI is InChI=1S/C27H39N3O8/c1-3-8-30(38-11-4-2)24(33)15-29-14-20(18-12-19(16-31)26-22(13-18)36-17-37-26)25(27(34)35)21(29)7-10-28-9-5-6-23(28)32/h12-13,20-21,25,31H,3-11,14-17H2,1-2H3,(H,34,35)/t20-,21+,25-/m1/s1. The van der Waals surface area contributed by atoms with Crippen LogP contribution >= 0.6 is 0 Å². The van der Waals surface area contributed by atoms with Gasteiger partial charge in [-0.15, -0.1) is 0 Å². The second-order valence-electron chi connectivity index (χ2n) is 10.1. The number of likely N-dealkylation sites (tertiary alicyclic amines) is 2. The van der Waals surface area contributed by atoms with Gasteiger partial charge in [0.05, 0.1) is 25.7 Å². The third-order valence-electron chi connectivity index (χ3n) is 7.56. The first-order chi connectivity index (χ1) is 18.4. The number of fused-ring (bicyclic) bond motifs is 1. The van der Waals surface area contributed by atoms with E-state index in [9.17, 15) is 24.6 Å². The van der Waals surface area contributed by atoms with E-state index >= 15 is 0 Å². The van der Waals surface area contributed by atoms with Crippen LogP contribution in [0.5, 0.6) is 11.5 Å². The summed E-state index contributed by atoms with van der Waals surface area (Å²) in [6.07, 6.45) is 3.26. The number of amides is 2. The van der Waals surface area contributed by atoms with Crippen molar-refractivity contribution in [1.29, 1.82) is 0 Å². The van der Waals surface area contributed by atoms with Crippen molar-refractivity contribution in [3.8, 4) is 11.5 Å². The Morgan fingerprint density at radius 2 is 2.03 bits per heavy atom. The van der Waals surface area contributed by atoms with Gasteiger partial charge in [-0.2, -0.15) is 0 Å². The number of aliphatic hydroxyl groups excluding tert-OH is 1. The van der Waals surface area contributed by atoms with Crippen LogP contribution in [0.1, 0.15) is 63.0 Å². The minimum atomic E-state index is -0.960. The Labute approximate surface area is 223 Å². The molecule has 3 heterocycles. The van der Waals surface area contributed by atoms with Crippen molar-refractivity contribution in [2.75, 3.05) is 46.1 Å². The van der Waals surface area contributed by atoms with Crippen molar-refractivity contribution in [1.82, 2.24) is 14.9 Å². The molecule has 11 heteroatoms. The predicted molar refractivity (Wildman–Crippen MR) is 136 cm³/mol. The summed E-state index contributed by atoms with van der Waals surface area (Å²) in [7, 11) is 0. The van der Waals surface area contributed by atoms with Crippen molar-refractivity contribution in [3.05, 3.63) is 23.3 Å². The molecule has 38 heavy (non-hydrogen) atoms. The Kier molecular flexibility index (Phi) is 9.45. The molecule has 11 nitrogen and oxygen atoms in total. The van der Waals surface area contributed by atoms with Gasteiger partial charge < -0.3 is 24.6 Å². The second-order valence-corrected chi connectivity index (χ2v) is 10.1. The van der Waals surface area contributed by atoms with Crippen molar-refractivity contribution < 1.29 is 38.9 Å². The van der Waals surface area contributed by atoms with Gasteiger partial charge in [0.2, 0.25) is 12.7 Å². The number of nitrogens with zero attached hydrogens (tertiary/aromatic N) is 3. The van der Waals surface area contributed by atoms with Crippen molar-refractivity contribution >= 4 is 17.8 Å². The number of hydrogen-bond donors (Lipinski definition) is 2. The molecule has 2 amide bonds. The molecule has 210 valence electrons. The van der Waals surface area contributed by atoms with Crippen molar-refractivity contribution in [3.63, 3.8) is 0 Å². The van der Waals surface area contributed by atoms with E-state index in [0.717, 1.165) is 24.8 Å². The molecule has 1 aromatic carbocycles. The summed E-state index contributed by atoms with van der Waals surface area (Å²) in [5.41, 5.74) is 1.26. The van der Waals surface area contributed by atoms with Crippen molar-refractivity contribution in [2.24, 2.45) is 5.92 Å². The van der Waals surface area contributed by atoms with Crippen LogP contribution in [0, 0.1) is 5.92 Å². The molecule has 3 aliphatic rings. The lowest BCUT2D eigenvalue weighted by atomic mass is 9.83. The Hall–Kier alpha value is -2.89. The molecular weight excluding hydrogens is 494 g/mol. The van der Waals surface area contributed by atoms with E-state index < -0.39 is 23.8 Å². The predicted octanol–water partition coefficient (Wildman–Crippen LogP) is 1.97. The quantitative estimate of drug-likeness (QED) is 0.366. The molecule has 0 aromatic heterocycles. The number of rotatable bonds is 13. The largest absolute Gasteiger partial charge is 0.481 e. The molecule has 2 N–H and O–H groups in total. The van der Waals surface area contributed by atoms with E-state index in [1.54, 1.807) is 17.0 Å². The Bertz CT molecular complexity index is 1020. The molecule has 4 rings (SSSR count). The number of aliphatic hydroxyl groups is 1. The Morgan fingerprint density at radius 3 is 2.68 bits per heavy atom. The van der Waals surface area contributed by atoms with E-state index in [0.29, 0.717) is 62.7 Å². The second kappa shape index (κ2) is 12.8. The highest BCUT2D eigenvalue weighted by Crippen LogP contribution is 2.44. The summed E-state index contributed by atoms with van der Waals surface area (Å²) < 4.78 is 11.0. The number of carboxylic acid groups (broad SMARTS) is 1. The highest BCUT2D eigenvalue weighted by Gasteiger charge is 2.48. The lowest BCUT2D eigenvalue weighted by Crippen LogP contribution is -2.45. The molecule has 0 unspecified atom stereocenters. The van der Waals surface area contributed by atoms with Gasteiger partial charge in [-0.3, -0.25) is 24.1 Å². The zero-order valence-corrected chi connectivity index (χ0v) is 22.3. The molecule has 0 aliphatic carbocycles. The fourth-order valence-electron chi connectivity index (χ4n) is 5.78. The lowest BCUT2D eigenvalue weighted by molar-refractivity contribution is -0.188. The van der Waals surface area contributed by atoms with Gasteiger partial charge in [0.15, 0.2) is 11.5 Å². The lowest BCUT2D eigenvalue weighted by Gasteiger charge is -2.30. The summed E-state index contributed by atoms with van der Waals surface area (Å²) in [5.74, 6) is -1.40. The van der Waals surface area contributed by atoms with Gasteiger partial charge in [-0.1, -0.05) is 13.8 Å². The van der Waals surface area contributed by atoms with Crippen LogP contribution < -0.4 is 9.47 Å². The maximum Gasteiger partial charge on any atom is 0.308 e. The van der Waals surface area contributed by atoms with Crippen molar-refractivity contribution in [2.45, 2.75) is 64.5 Å². The van der Waals surface area contributed by atoms with Gasteiger partial charge >= 0.3 is 5.97 Å². The molecule has 0 radical (unpaired) electrons. The van der Waals surface area contributed by atoms with E-state index in [-0.39, 0.29) is 31.8 Å². The van der Waals surface area contributed by atoms with Gasteiger partial charge in [-0.05, 0) is 43.4 Å². The number of carboxylic acids is 1. The minimum Gasteiger partial charge on any atom is -0.481 e. The molecule has 2 fully saturated rings. The summed E-state index contributed by atoms with van der Waals surface area (Å²) in [4.78, 5) is 47.7. The molecule has 0 bridgehead atoms. The molecule has 0 saturated carbocycles. The maximum absolute atomic E-state index is 13.3. The Balaban J connectivity index is 1.62. The number of benzene rings is 1. The average Bonchev–Trinajstić information content (AvgIpc) is 3.63. The molecular formula is C27H39N3O8. The number of hydrogen-bond acceptors (Lipinski definition) is 8. The van der Waals surface area contributed by atoms with Crippen LogP contribution in [0.3, 0.4) is 0 Å². The first-order valence-corrected chi connectivity index (χ1v) is 13.6. The zero-order chi connectivity index (χ0) is 27.2. The fraction of sp³-hybridized carbons (Fsp3) is 0.667. The Morgan fingerprint density at radius 1 is 1.21 bits per heavy atom. The molecule has 1 aromatic rings. The summed E-state index contributed by atoms with van der Waals surface area (Å²) >= 11 is 0. The van der Waals surface area contributed by atoms with E-state index in [2.05, 4.69) is 0 Å². The van der Waals surface area contributed by atoms with Crippen LogP contribution in [0.2, 0.25) is 0 Å². The highest BCUT2D eigenvalue weighted by atomic mass is 16.7. The minimum absolute atomic E-state index is 0.0139. The maximum atomic E-state index is 13.3. The van der Waals surface area contributed by atoms with Gasteiger partial charge in [0.25, 0.3) is 5.91 Å². The number of ether oxygens (including phenoxy) is 2. The van der Waals surface area contributed by atoms with Crippen LogP contribution in [-0.2, 0) is 25.8 Å². The van der Waals surface area contributed by atoms with Crippen LogP contribution in [-0.4, -0.2) is 95.0 Å². The first kappa shape index (κ1) is 28.1. The molecule has 3 atom stereocenters. The summed E-state index contributed by atoms with van der Waals surface area (Å²) in [6, 6.07) is 3.09. The van der Waals surface area contributed by atoms with E-state index in [4.69, 9.17) is 14.3 Å². The van der Waals surface area contributed by atoms with E-state index in [1.807, 2.05) is 18.7 Å². The van der Waals surface area contributed by atoms with Gasteiger partial charge in [0, 0.05) is 50.1 Å². The SMILES string of the molecule is CCCON(CCC)C(=O)CN1C[C@H](c2cc(CO)c3c(c2)OCO3)[C@@H](C(=O)O)[C@@H]1CCN1CCCC1=O.